The van der Waals surface area contributed by atoms with E-state index in [2.05, 4.69) is 78.5 Å². The van der Waals surface area contributed by atoms with Gasteiger partial charge >= 0.3 is 26.2 Å². The molecule has 0 spiro atoms. The summed E-state index contributed by atoms with van der Waals surface area (Å²) in [5.41, 5.74) is 8.72. The van der Waals surface area contributed by atoms with E-state index in [9.17, 15) is 0 Å². The molecule has 0 amide bonds. The summed E-state index contributed by atoms with van der Waals surface area (Å²) in [6, 6.07) is 8.44. The first-order chi connectivity index (χ1) is 10.1. The molecule has 0 saturated heterocycles. The van der Waals surface area contributed by atoms with E-state index in [1.165, 1.54) is 33.4 Å². The van der Waals surface area contributed by atoms with Gasteiger partial charge in [-0.1, -0.05) is 41.0 Å². The zero-order valence-electron chi connectivity index (χ0n) is 16.9. The van der Waals surface area contributed by atoms with Crippen molar-refractivity contribution in [2.24, 2.45) is 0 Å². The maximum Gasteiger partial charge on any atom is 4.00 e. The molecule has 0 aromatic heterocycles. The predicted molar refractivity (Wildman–Crippen MR) is 101 cm³/mol. The molecule has 0 aliphatic rings. The van der Waals surface area contributed by atoms with Gasteiger partial charge in [0, 0.05) is 6.61 Å². The summed E-state index contributed by atoms with van der Waals surface area (Å²) in [6.45, 7) is 18.5. The van der Waals surface area contributed by atoms with Crippen LogP contribution in [0, 0.1) is 34.6 Å². The maximum atomic E-state index is 5.74. The molecule has 0 aliphatic heterocycles. The number of hydrogen-bond donors (Lipinski definition) is 0. The maximum absolute atomic E-state index is 5.74. The third-order valence-electron chi connectivity index (χ3n) is 4.47. The summed E-state index contributed by atoms with van der Waals surface area (Å²) in [7, 11) is -1.29. The van der Waals surface area contributed by atoms with Crippen LogP contribution in [0.5, 0.6) is 0 Å². The molecule has 140 valence electrons. The molecule has 0 saturated carbocycles. The van der Waals surface area contributed by atoms with Crippen molar-refractivity contribution in [2.75, 3.05) is 6.61 Å². The van der Waals surface area contributed by atoms with Crippen molar-refractivity contribution in [3.63, 3.8) is 0 Å². The van der Waals surface area contributed by atoms with Crippen LogP contribution >= 0.6 is 0 Å². The van der Waals surface area contributed by atoms with Crippen molar-refractivity contribution in [1.82, 2.24) is 0 Å². The molecule has 0 heterocycles. The second-order valence-corrected chi connectivity index (χ2v) is 11.6. The first kappa shape index (κ1) is 30.1. The van der Waals surface area contributed by atoms with Crippen LogP contribution in [0.25, 0.3) is 0 Å². The first-order valence-electron chi connectivity index (χ1n) is 8.17. The van der Waals surface area contributed by atoms with E-state index >= 15 is 0 Å². The average Bonchev–Trinajstić information content (AvgIpc) is 3.00. The van der Waals surface area contributed by atoms with Crippen LogP contribution in [0.2, 0.25) is 19.6 Å². The van der Waals surface area contributed by atoms with Gasteiger partial charge in [-0.25, -0.2) is 12.1 Å². The molecular weight excluding hydrogens is 446 g/mol. The van der Waals surface area contributed by atoms with Crippen molar-refractivity contribution < 1.29 is 55.4 Å². The fourth-order valence-corrected chi connectivity index (χ4v) is 3.18. The van der Waals surface area contributed by atoms with Crippen molar-refractivity contribution in [3.8, 4) is 0 Å². The zero-order valence-corrected chi connectivity index (χ0v) is 21.9. The van der Waals surface area contributed by atoms with E-state index in [0.717, 1.165) is 13.0 Å². The summed E-state index contributed by atoms with van der Waals surface area (Å²) < 4.78 is 5.74. The monoisotopic (exact) mass is 476 g/mol. The van der Waals surface area contributed by atoms with Gasteiger partial charge in [-0.15, -0.1) is 0 Å². The number of hydrogen-bond acceptors (Lipinski definition) is 1. The van der Waals surface area contributed by atoms with Crippen molar-refractivity contribution in [1.29, 1.82) is 0 Å². The van der Waals surface area contributed by atoms with E-state index in [1.54, 1.807) is 0 Å². The second-order valence-electron chi connectivity index (χ2n) is 7.13. The summed E-state index contributed by atoms with van der Waals surface area (Å²) in [4.78, 5) is 0. The molecule has 25 heavy (non-hydrogen) atoms. The third kappa shape index (κ3) is 10.3. The van der Waals surface area contributed by atoms with E-state index in [0.29, 0.717) is 0 Å². The molecule has 1 nitrogen and oxygen atoms in total. The quantitative estimate of drug-likeness (QED) is 0.435. The minimum absolute atomic E-state index is 0. The number of halogens is 2. The van der Waals surface area contributed by atoms with Crippen LogP contribution in [0.1, 0.15) is 33.4 Å². The molecule has 0 fully saturated rings. The third-order valence-corrected chi connectivity index (χ3v) is 5.54. The normalized spacial score (nSPS) is 9.92. The van der Waals surface area contributed by atoms with Gasteiger partial charge in [0.2, 0.25) is 0 Å². The smallest absolute Gasteiger partial charge is 1.00 e. The van der Waals surface area contributed by atoms with Gasteiger partial charge in [0.15, 0.2) is 8.32 Å². The van der Waals surface area contributed by atoms with Crippen LogP contribution in [-0.4, -0.2) is 14.9 Å². The predicted octanol–water partition coefficient (Wildman–Crippen LogP) is -0.247. The Labute approximate surface area is 187 Å². The minimum Gasteiger partial charge on any atom is -1.00 e. The Morgan fingerprint density at radius 2 is 1.28 bits per heavy atom. The van der Waals surface area contributed by atoms with E-state index < -0.39 is 8.32 Å². The van der Waals surface area contributed by atoms with E-state index in [4.69, 9.17) is 4.43 Å². The Bertz CT molecular complexity index is 504. The molecule has 0 bridgehead atoms. The van der Waals surface area contributed by atoms with E-state index in [1.807, 2.05) is 0 Å². The number of rotatable bonds is 4. The van der Waals surface area contributed by atoms with Gasteiger partial charge in [0.1, 0.15) is 0 Å². The van der Waals surface area contributed by atoms with Crippen LogP contribution in [-0.2, 0) is 37.1 Å². The molecular formula is C20H32Cl2OSiZr. The van der Waals surface area contributed by atoms with Crippen LogP contribution in [0.3, 0.4) is 0 Å². The van der Waals surface area contributed by atoms with E-state index in [-0.39, 0.29) is 51.0 Å². The Kier molecular flexibility index (Phi) is 16.2. The Hall–Kier alpha value is 0.340. The largest absolute Gasteiger partial charge is 4.00 e. The Morgan fingerprint density at radius 3 is 1.56 bits per heavy atom. The molecule has 0 atom stereocenters. The molecule has 2 aromatic rings. The molecule has 0 aliphatic carbocycles. The van der Waals surface area contributed by atoms with Crippen molar-refractivity contribution in [2.45, 2.75) is 60.7 Å². The van der Waals surface area contributed by atoms with Crippen molar-refractivity contribution in [3.05, 3.63) is 57.6 Å². The molecule has 0 N–H and O–H groups in total. The Balaban J connectivity index is -0.000000350. The average molecular weight is 479 g/mol. The van der Waals surface area contributed by atoms with Crippen molar-refractivity contribution >= 4 is 8.32 Å². The van der Waals surface area contributed by atoms with Gasteiger partial charge in [-0.05, 0) is 19.6 Å². The fraction of sp³-hybridized carbons (Fsp3) is 0.500. The standard InChI is InChI=1S/C10H17OSi.C10H15.2ClH.Zr/c1-12(2,3)11-9-8-10-6-4-5-7-10;1-6-7(2)9(4)10(5)8(6)3;;;/h4-7H,8-9H2,1-3H3;1-5H3;2*1H;/q2*-1;;;+4/p-2. The second kappa shape index (κ2) is 13.5. The van der Waals surface area contributed by atoms with Crippen LogP contribution < -0.4 is 24.8 Å². The summed E-state index contributed by atoms with van der Waals surface area (Å²) >= 11 is 0. The molecule has 0 unspecified atom stereocenters. The van der Waals surface area contributed by atoms with Gasteiger partial charge in [0.25, 0.3) is 0 Å². The summed E-state index contributed by atoms with van der Waals surface area (Å²) in [5, 5.41) is 0. The zero-order chi connectivity index (χ0) is 16.9. The van der Waals surface area contributed by atoms with Gasteiger partial charge in [0.05, 0.1) is 0 Å². The van der Waals surface area contributed by atoms with Gasteiger partial charge in [-0.3, -0.25) is 0 Å². The topological polar surface area (TPSA) is 9.23 Å². The Morgan fingerprint density at radius 1 is 0.880 bits per heavy atom. The van der Waals surface area contributed by atoms with Gasteiger partial charge < -0.3 is 29.2 Å². The van der Waals surface area contributed by atoms with Crippen LogP contribution in [0.4, 0.5) is 0 Å². The first-order valence-corrected chi connectivity index (χ1v) is 11.6. The molecule has 5 heteroatoms. The molecule has 2 aromatic carbocycles. The minimum atomic E-state index is -1.29. The fourth-order valence-electron chi connectivity index (χ4n) is 2.46. The SMILES string of the molecule is C[Si](C)(C)OCC[c-]1cccc1.Cc1c(C)c(C)[c-](C)c1C.[Cl-].[Cl-].[Zr+4]. The summed E-state index contributed by atoms with van der Waals surface area (Å²) in [5.74, 6) is 0. The molecule has 2 rings (SSSR count). The molecule has 0 radical (unpaired) electrons. The van der Waals surface area contributed by atoms with Gasteiger partial charge in [-0.2, -0.15) is 45.5 Å². The van der Waals surface area contributed by atoms with Crippen LogP contribution in [0.15, 0.2) is 24.3 Å². The summed E-state index contributed by atoms with van der Waals surface area (Å²) in [6.07, 6.45) is 1.05.